The van der Waals surface area contributed by atoms with Gasteiger partial charge in [-0.1, -0.05) is 11.6 Å². The highest BCUT2D eigenvalue weighted by Crippen LogP contribution is 2.20. The third kappa shape index (κ3) is 3.19. The van der Waals surface area contributed by atoms with Crippen molar-refractivity contribution < 1.29 is 0 Å². The van der Waals surface area contributed by atoms with E-state index < -0.39 is 0 Å². The van der Waals surface area contributed by atoms with Crippen molar-refractivity contribution in [3.8, 4) is 0 Å². The zero-order chi connectivity index (χ0) is 14.0. The van der Waals surface area contributed by atoms with Gasteiger partial charge in [0.15, 0.2) is 5.65 Å². The van der Waals surface area contributed by atoms with Crippen LogP contribution in [0.2, 0.25) is 5.15 Å². The largest absolute Gasteiger partial charge is 0.295 e. The highest BCUT2D eigenvalue weighted by molar-refractivity contribution is 7.98. The monoisotopic (exact) mass is 299 g/mol. The molecule has 2 aromatic rings. The SMILES string of the molecule is CSCC(C)N(C)Cc1nc(Cl)c2cnn(C)c2n1. The molecule has 2 aromatic heterocycles. The minimum absolute atomic E-state index is 0.471. The van der Waals surface area contributed by atoms with Crippen LogP contribution in [0.1, 0.15) is 12.7 Å². The summed E-state index contributed by atoms with van der Waals surface area (Å²) in [5.74, 6) is 1.81. The molecule has 5 nitrogen and oxygen atoms in total. The van der Waals surface area contributed by atoms with Gasteiger partial charge in [-0.15, -0.1) is 0 Å². The zero-order valence-corrected chi connectivity index (χ0v) is 13.2. The fraction of sp³-hybridized carbons (Fsp3) is 0.583. The van der Waals surface area contributed by atoms with Crippen LogP contribution in [0.5, 0.6) is 0 Å². The van der Waals surface area contributed by atoms with E-state index in [4.69, 9.17) is 11.6 Å². The molecule has 0 aliphatic heterocycles. The molecule has 7 heteroatoms. The predicted octanol–water partition coefficient (Wildman–Crippen LogP) is 2.20. The summed E-state index contributed by atoms with van der Waals surface area (Å²) in [4.78, 5) is 11.1. The highest BCUT2D eigenvalue weighted by atomic mass is 35.5. The van der Waals surface area contributed by atoms with Crippen LogP contribution in [0.3, 0.4) is 0 Å². The number of halogens is 1. The predicted molar refractivity (Wildman–Crippen MR) is 80.6 cm³/mol. The second kappa shape index (κ2) is 6.07. The number of rotatable bonds is 5. The van der Waals surface area contributed by atoms with Crippen LogP contribution in [0.15, 0.2) is 6.20 Å². The molecule has 2 heterocycles. The molecule has 0 N–H and O–H groups in total. The van der Waals surface area contributed by atoms with E-state index in [1.54, 1.807) is 10.9 Å². The summed E-state index contributed by atoms with van der Waals surface area (Å²) in [5.41, 5.74) is 0.779. The lowest BCUT2D eigenvalue weighted by Gasteiger charge is -2.23. The quantitative estimate of drug-likeness (QED) is 0.792. The molecule has 104 valence electrons. The van der Waals surface area contributed by atoms with Gasteiger partial charge in [0.1, 0.15) is 11.0 Å². The van der Waals surface area contributed by atoms with Crippen LogP contribution < -0.4 is 0 Å². The fourth-order valence-electron chi connectivity index (χ4n) is 1.85. The molecule has 1 unspecified atom stereocenters. The maximum Gasteiger partial charge on any atom is 0.162 e. The van der Waals surface area contributed by atoms with E-state index in [1.807, 2.05) is 18.8 Å². The molecule has 0 saturated carbocycles. The third-order valence-corrected chi connectivity index (χ3v) is 4.25. The number of aromatic nitrogens is 4. The number of thioether (sulfide) groups is 1. The molecule has 0 spiro atoms. The molecule has 0 saturated heterocycles. The summed E-state index contributed by atoms with van der Waals surface area (Å²) in [5, 5.41) is 5.42. The molecule has 0 aromatic carbocycles. The molecule has 1 atom stereocenters. The number of hydrogen-bond donors (Lipinski definition) is 0. The standard InChI is InChI=1S/C12H18ClN5S/c1-8(7-19-4)17(2)6-10-15-11(13)9-5-14-18(3)12(9)16-10/h5,8H,6-7H2,1-4H3. The number of nitrogens with zero attached hydrogens (tertiary/aromatic N) is 5. The van der Waals surface area contributed by atoms with E-state index >= 15 is 0 Å². The first-order valence-electron chi connectivity index (χ1n) is 6.06. The van der Waals surface area contributed by atoms with Gasteiger partial charge in [-0.3, -0.25) is 9.58 Å². The van der Waals surface area contributed by atoms with Crippen LogP contribution in [0.25, 0.3) is 11.0 Å². The van der Waals surface area contributed by atoms with Crippen LogP contribution in [0, 0.1) is 0 Å². The van der Waals surface area contributed by atoms with Crippen molar-refractivity contribution in [2.24, 2.45) is 7.05 Å². The molecule has 0 aliphatic carbocycles. The average Bonchev–Trinajstić information content (AvgIpc) is 2.72. The topological polar surface area (TPSA) is 46.8 Å². The summed E-state index contributed by atoms with van der Waals surface area (Å²) >= 11 is 8.01. The average molecular weight is 300 g/mol. The highest BCUT2D eigenvalue weighted by Gasteiger charge is 2.14. The van der Waals surface area contributed by atoms with Gasteiger partial charge in [-0.05, 0) is 20.2 Å². The van der Waals surface area contributed by atoms with Crippen molar-refractivity contribution in [1.29, 1.82) is 0 Å². The molecule has 19 heavy (non-hydrogen) atoms. The van der Waals surface area contributed by atoms with Gasteiger partial charge in [0.05, 0.1) is 18.1 Å². The van der Waals surface area contributed by atoms with Crippen molar-refractivity contribution in [1.82, 2.24) is 24.6 Å². The van der Waals surface area contributed by atoms with Gasteiger partial charge in [0.25, 0.3) is 0 Å². The fourth-order valence-corrected chi connectivity index (χ4v) is 2.82. The Morgan fingerprint density at radius 2 is 2.21 bits per heavy atom. The number of fused-ring (bicyclic) bond motifs is 1. The Labute approximate surface area is 122 Å². The lowest BCUT2D eigenvalue weighted by atomic mass is 10.3. The Morgan fingerprint density at radius 3 is 2.89 bits per heavy atom. The Kier molecular flexibility index (Phi) is 4.65. The van der Waals surface area contributed by atoms with Crippen molar-refractivity contribution in [3.05, 3.63) is 17.2 Å². The second-order valence-corrected chi connectivity index (χ2v) is 5.92. The van der Waals surface area contributed by atoms with Gasteiger partial charge in [-0.25, -0.2) is 9.97 Å². The Bertz CT molecular complexity index is 570. The smallest absolute Gasteiger partial charge is 0.162 e. The first-order chi connectivity index (χ1) is 9.02. The summed E-state index contributed by atoms with van der Waals surface area (Å²) in [6.07, 6.45) is 3.81. The van der Waals surface area contributed by atoms with Gasteiger partial charge in [0, 0.05) is 18.8 Å². The first-order valence-corrected chi connectivity index (χ1v) is 7.83. The lowest BCUT2D eigenvalue weighted by molar-refractivity contribution is 0.263. The maximum atomic E-state index is 6.17. The van der Waals surface area contributed by atoms with E-state index in [9.17, 15) is 0 Å². The molecular weight excluding hydrogens is 282 g/mol. The van der Waals surface area contributed by atoms with Gasteiger partial charge in [-0.2, -0.15) is 16.9 Å². The van der Waals surface area contributed by atoms with Crippen LogP contribution >= 0.6 is 23.4 Å². The number of hydrogen-bond acceptors (Lipinski definition) is 5. The van der Waals surface area contributed by atoms with Crippen molar-refractivity contribution >= 4 is 34.4 Å². The summed E-state index contributed by atoms with van der Waals surface area (Å²) in [6, 6.07) is 0.472. The normalized spacial score (nSPS) is 13.4. The molecule has 0 aliphatic rings. The summed E-state index contributed by atoms with van der Waals surface area (Å²) in [6.45, 7) is 2.88. The van der Waals surface area contributed by atoms with Crippen LogP contribution in [-0.4, -0.2) is 49.7 Å². The lowest BCUT2D eigenvalue weighted by Crippen LogP contribution is -2.31. The minimum Gasteiger partial charge on any atom is -0.295 e. The Morgan fingerprint density at radius 1 is 1.47 bits per heavy atom. The zero-order valence-electron chi connectivity index (χ0n) is 11.6. The Hall–Kier alpha value is -0.850. The van der Waals surface area contributed by atoms with Crippen molar-refractivity contribution in [2.75, 3.05) is 19.1 Å². The van der Waals surface area contributed by atoms with Gasteiger partial charge >= 0.3 is 0 Å². The van der Waals surface area contributed by atoms with E-state index in [1.165, 1.54) is 0 Å². The van der Waals surface area contributed by atoms with Crippen LogP contribution in [0.4, 0.5) is 0 Å². The van der Waals surface area contributed by atoms with E-state index in [2.05, 4.69) is 40.2 Å². The molecule has 0 amide bonds. The molecule has 0 bridgehead atoms. The second-order valence-electron chi connectivity index (χ2n) is 4.66. The molecule has 0 fully saturated rings. The van der Waals surface area contributed by atoms with Crippen molar-refractivity contribution in [2.45, 2.75) is 19.5 Å². The molecular formula is C12H18ClN5S. The molecule has 2 rings (SSSR count). The van der Waals surface area contributed by atoms with E-state index in [-0.39, 0.29) is 0 Å². The summed E-state index contributed by atoms with van der Waals surface area (Å²) < 4.78 is 1.72. The summed E-state index contributed by atoms with van der Waals surface area (Å²) in [7, 11) is 3.93. The van der Waals surface area contributed by atoms with Gasteiger partial charge < -0.3 is 0 Å². The van der Waals surface area contributed by atoms with E-state index in [0.29, 0.717) is 17.7 Å². The van der Waals surface area contributed by atoms with Gasteiger partial charge in [0.2, 0.25) is 0 Å². The Balaban J connectivity index is 2.23. The minimum atomic E-state index is 0.471. The first kappa shape index (κ1) is 14.6. The van der Waals surface area contributed by atoms with Crippen LogP contribution in [-0.2, 0) is 13.6 Å². The number of aryl methyl sites for hydroxylation is 1. The maximum absolute atomic E-state index is 6.17. The third-order valence-electron chi connectivity index (χ3n) is 3.14. The molecule has 0 radical (unpaired) electrons. The van der Waals surface area contributed by atoms with E-state index in [0.717, 1.165) is 22.6 Å². The van der Waals surface area contributed by atoms with Crippen molar-refractivity contribution in [3.63, 3.8) is 0 Å².